The number of amides is 1. The van der Waals surface area contributed by atoms with Crippen LogP contribution in [0.1, 0.15) is 27.7 Å². The Bertz CT molecular complexity index is 483. The molecule has 104 valence electrons. The van der Waals surface area contributed by atoms with Gasteiger partial charge in [0.05, 0.1) is 5.69 Å². The second kappa shape index (κ2) is 5.11. The zero-order chi connectivity index (χ0) is 14.2. The van der Waals surface area contributed by atoms with Crippen molar-refractivity contribution in [2.24, 2.45) is 11.8 Å². The lowest BCUT2D eigenvalue weighted by Crippen LogP contribution is -2.49. The zero-order valence-corrected chi connectivity index (χ0v) is 12.0. The van der Waals surface area contributed by atoms with Gasteiger partial charge in [0.1, 0.15) is 5.75 Å². The lowest BCUT2D eigenvalue weighted by atomic mass is 10.0. The molecule has 1 aromatic carbocycles. The summed E-state index contributed by atoms with van der Waals surface area (Å²) >= 11 is 0. The zero-order valence-electron chi connectivity index (χ0n) is 12.0. The van der Waals surface area contributed by atoms with E-state index < -0.39 is 6.10 Å². The fraction of sp³-hybridized carbons (Fsp3) is 0.533. The minimum absolute atomic E-state index is 0.0294. The van der Waals surface area contributed by atoms with Gasteiger partial charge in [0.2, 0.25) is 0 Å². The molecule has 0 radical (unpaired) electrons. The molecule has 0 fully saturated rings. The number of carbonyl (C=O) groups excluding carboxylic acids is 1. The molecule has 0 saturated heterocycles. The third-order valence-electron chi connectivity index (χ3n) is 3.19. The molecule has 1 heterocycles. The average molecular weight is 262 g/mol. The van der Waals surface area contributed by atoms with Crippen molar-refractivity contribution in [1.82, 2.24) is 0 Å². The number of carbonyl (C=O) groups is 1. The molecule has 0 aliphatic carbocycles. The van der Waals surface area contributed by atoms with Crippen molar-refractivity contribution in [3.05, 3.63) is 18.2 Å². The molecule has 4 heteroatoms. The first-order chi connectivity index (χ1) is 8.90. The normalized spacial score (nSPS) is 18.7. The van der Waals surface area contributed by atoms with Gasteiger partial charge in [-0.25, -0.2) is 0 Å². The Morgan fingerprint density at radius 1 is 1.32 bits per heavy atom. The maximum Gasteiger partial charge on any atom is 0.268 e. The van der Waals surface area contributed by atoms with E-state index in [1.807, 2.05) is 30.9 Å². The van der Waals surface area contributed by atoms with Gasteiger partial charge in [-0.15, -0.1) is 0 Å². The van der Waals surface area contributed by atoms with Crippen LogP contribution < -0.4 is 15.4 Å². The number of nitrogens with zero attached hydrogens (tertiary/aromatic N) is 1. The molecule has 1 atom stereocenters. The van der Waals surface area contributed by atoms with Gasteiger partial charge in [-0.3, -0.25) is 4.79 Å². The SMILES string of the molecule is CC(C)CN1C(=O)C(C(C)C)Oc2ccc(N)cc21. The number of anilines is 2. The predicted molar refractivity (Wildman–Crippen MR) is 77.3 cm³/mol. The van der Waals surface area contributed by atoms with Crippen LogP contribution in [-0.4, -0.2) is 18.6 Å². The van der Waals surface area contributed by atoms with E-state index in [1.165, 1.54) is 0 Å². The highest BCUT2D eigenvalue weighted by molar-refractivity contribution is 6.00. The molecule has 2 N–H and O–H groups in total. The second-order valence-electron chi connectivity index (χ2n) is 5.85. The van der Waals surface area contributed by atoms with E-state index in [-0.39, 0.29) is 11.8 Å². The van der Waals surface area contributed by atoms with Crippen LogP contribution in [0.3, 0.4) is 0 Å². The monoisotopic (exact) mass is 262 g/mol. The molecule has 0 aromatic heterocycles. The summed E-state index contributed by atoms with van der Waals surface area (Å²) in [4.78, 5) is 14.3. The van der Waals surface area contributed by atoms with E-state index in [0.717, 1.165) is 11.4 Å². The smallest absolute Gasteiger partial charge is 0.268 e. The molecule has 2 rings (SSSR count). The highest BCUT2D eigenvalue weighted by atomic mass is 16.5. The molecule has 1 unspecified atom stereocenters. The molecule has 0 saturated carbocycles. The summed E-state index contributed by atoms with van der Waals surface area (Å²) < 4.78 is 5.83. The standard InChI is InChI=1S/C15H22N2O2/c1-9(2)8-17-12-7-11(16)5-6-13(12)19-14(10(3)4)15(17)18/h5-7,9-10,14H,8,16H2,1-4H3. The van der Waals surface area contributed by atoms with Gasteiger partial charge in [-0.1, -0.05) is 27.7 Å². The fourth-order valence-electron chi connectivity index (χ4n) is 2.28. The van der Waals surface area contributed by atoms with Gasteiger partial charge in [0, 0.05) is 12.2 Å². The van der Waals surface area contributed by atoms with Crippen LogP contribution in [0.5, 0.6) is 5.75 Å². The van der Waals surface area contributed by atoms with Crippen LogP contribution in [0.4, 0.5) is 11.4 Å². The number of hydrogen-bond donors (Lipinski definition) is 1. The van der Waals surface area contributed by atoms with Crippen LogP contribution in [-0.2, 0) is 4.79 Å². The fourth-order valence-corrected chi connectivity index (χ4v) is 2.28. The van der Waals surface area contributed by atoms with E-state index in [1.54, 1.807) is 6.07 Å². The molecule has 1 aromatic rings. The Morgan fingerprint density at radius 2 is 2.00 bits per heavy atom. The highest BCUT2D eigenvalue weighted by Crippen LogP contribution is 2.37. The molecule has 4 nitrogen and oxygen atoms in total. The first-order valence-corrected chi connectivity index (χ1v) is 6.77. The number of ether oxygens (including phenoxy) is 1. The van der Waals surface area contributed by atoms with E-state index in [9.17, 15) is 4.79 Å². The summed E-state index contributed by atoms with van der Waals surface area (Å²) in [6.45, 7) is 8.87. The number of hydrogen-bond acceptors (Lipinski definition) is 3. The van der Waals surface area contributed by atoms with Gasteiger partial charge < -0.3 is 15.4 Å². The lowest BCUT2D eigenvalue weighted by molar-refractivity contribution is -0.128. The number of fused-ring (bicyclic) bond motifs is 1. The van der Waals surface area contributed by atoms with E-state index >= 15 is 0 Å². The van der Waals surface area contributed by atoms with Gasteiger partial charge in [0.15, 0.2) is 6.10 Å². The number of benzene rings is 1. The van der Waals surface area contributed by atoms with Crippen LogP contribution in [0.15, 0.2) is 18.2 Å². The maximum absolute atomic E-state index is 12.5. The van der Waals surface area contributed by atoms with Gasteiger partial charge in [-0.05, 0) is 30.0 Å². The molecule has 0 spiro atoms. The molecule has 1 amide bonds. The number of rotatable bonds is 3. The Hall–Kier alpha value is -1.71. The van der Waals surface area contributed by atoms with E-state index in [2.05, 4.69) is 13.8 Å². The lowest BCUT2D eigenvalue weighted by Gasteiger charge is -2.37. The van der Waals surface area contributed by atoms with E-state index in [4.69, 9.17) is 10.5 Å². The minimum Gasteiger partial charge on any atom is -0.478 e. The summed E-state index contributed by atoms with van der Waals surface area (Å²) in [5.74, 6) is 1.31. The van der Waals surface area contributed by atoms with Gasteiger partial charge in [0.25, 0.3) is 5.91 Å². The third-order valence-corrected chi connectivity index (χ3v) is 3.19. The van der Waals surface area contributed by atoms with Crippen molar-refractivity contribution in [2.75, 3.05) is 17.2 Å². The molecular formula is C15H22N2O2. The van der Waals surface area contributed by atoms with Crippen molar-refractivity contribution in [3.63, 3.8) is 0 Å². The second-order valence-corrected chi connectivity index (χ2v) is 5.85. The molecule has 0 bridgehead atoms. The van der Waals surface area contributed by atoms with Crippen LogP contribution >= 0.6 is 0 Å². The van der Waals surface area contributed by atoms with Crippen molar-refractivity contribution >= 4 is 17.3 Å². The Labute approximate surface area is 114 Å². The van der Waals surface area contributed by atoms with Gasteiger partial charge >= 0.3 is 0 Å². The minimum atomic E-state index is -0.408. The van der Waals surface area contributed by atoms with Crippen LogP contribution in [0, 0.1) is 11.8 Å². The summed E-state index contributed by atoms with van der Waals surface area (Å²) in [7, 11) is 0. The Balaban J connectivity index is 2.44. The van der Waals surface area contributed by atoms with Crippen molar-refractivity contribution < 1.29 is 9.53 Å². The quantitative estimate of drug-likeness (QED) is 0.852. The Morgan fingerprint density at radius 3 is 2.58 bits per heavy atom. The largest absolute Gasteiger partial charge is 0.478 e. The number of nitrogen functional groups attached to an aromatic ring is 1. The predicted octanol–water partition coefficient (Wildman–Crippen LogP) is 2.67. The average Bonchev–Trinajstić information content (AvgIpc) is 2.32. The first kappa shape index (κ1) is 13.7. The number of nitrogens with two attached hydrogens (primary N) is 1. The summed E-state index contributed by atoms with van der Waals surface area (Å²) in [6, 6.07) is 5.46. The van der Waals surface area contributed by atoms with Crippen molar-refractivity contribution in [1.29, 1.82) is 0 Å². The topological polar surface area (TPSA) is 55.6 Å². The van der Waals surface area contributed by atoms with E-state index in [0.29, 0.717) is 18.2 Å². The maximum atomic E-state index is 12.5. The Kier molecular flexibility index (Phi) is 3.69. The highest BCUT2D eigenvalue weighted by Gasteiger charge is 2.36. The molecule has 1 aliphatic heterocycles. The molecule has 19 heavy (non-hydrogen) atoms. The van der Waals surface area contributed by atoms with Crippen LogP contribution in [0.2, 0.25) is 0 Å². The van der Waals surface area contributed by atoms with Crippen LogP contribution in [0.25, 0.3) is 0 Å². The van der Waals surface area contributed by atoms with Gasteiger partial charge in [-0.2, -0.15) is 0 Å². The third kappa shape index (κ3) is 2.67. The summed E-state index contributed by atoms with van der Waals surface area (Å²) in [5, 5.41) is 0. The first-order valence-electron chi connectivity index (χ1n) is 6.77. The van der Waals surface area contributed by atoms with Crippen molar-refractivity contribution in [2.45, 2.75) is 33.8 Å². The van der Waals surface area contributed by atoms with Crippen molar-refractivity contribution in [3.8, 4) is 5.75 Å². The molecular weight excluding hydrogens is 240 g/mol. The molecule has 1 aliphatic rings. The summed E-state index contributed by atoms with van der Waals surface area (Å²) in [6.07, 6.45) is -0.408. The summed E-state index contributed by atoms with van der Waals surface area (Å²) in [5.41, 5.74) is 7.25.